The number of methoxy groups -OCH3 is 1. The standard InChI is InChI=1S/C14H20N4O3/c1-20-12-4-5-15-14(16-12)18-8-9-21-11(10-18)13(19)17-6-2-3-7-17/h4-5,11H,2-3,6-10H2,1H3. The molecule has 0 radical (unpaired) electrons. The topological polar surface area (TPSA) is 67.8 Å². The van der Waals surface area contributed by atoms with Crippen molar-refractivity contribution in [2.45, 2.75) is 18.9 Å². The predicted molar refractivity (Wildman–Crippen MR) is 76.4 cm³/mol. The first-order valence-electron chi connectivity index (χ1n) is 7.30. The van der Waals surface area contributed by atoms with E-state index in [1.807, 2.05) is 9.80 Å². The van der Waals surface area contributed by atoms with Gasteiger partial charge in [-0.2, -0.15) is 4.98 Å². The fraction of sp³-hybridized carbons (Fsp3) is 0.643. The number of morpholine rings is 1. The maximum atomic E-state index is 12.4. The molecule has 2 fully saturated rings. The van der Waals surface area contributed by atoms with Crippen LogP contribution in [-0.2, 0) is 9.53 Å². The van der Waals surface area contributed by atoms with Crippen molar-refractivity contribution in [2.75, 3.05) is 44.8 Å². The third kappa shape index (κ3) is 3.07. The molecule has 2 aliphatic rings. The summed E-state index contributed by atoms with van der Waals surface area (Å²) in [5, 5.41) is 0. The second kappa shape index (κ2) is 6.26. The van der Waals surface area contributed by atoms with Crippen LogP contribution in [0.25, 0.3) is 0 Å². The zero-order chi connectivity index (χ0) is 14.7. The van der Waals surface area contributed by atoms with Crippen molar-refractivity contribution in [3.8, 4) is 5.88 Å². The number of hydrogen-bond donors (Lipinski definition) is 0. The number of aromatic nitrogens is 2. The summed E-state index contributed by atoms with van der Waals surface area (Å²) >= 11 is 0. The second-order valence-corrected chi connectivity index (χ2v) is 5.24. The van der Waals surface area contributed by atoms with E-state index in [4.69, 9.17) is 9.47 Å². The van der Waals surface area contributed by atoms with E-state index in [1.54, 1.807) is 19.4 Å². The lowest BCUT2D eigenvalue weighted by Gasteiger charge is -2.33. The Morgan fingerprint density at radius 2 is 2.19 bits per heavy atom. The van der Waals surface area contributed by atoms with Gasteiger partial charge in [0.05, 0.1) is 20.3 Å². The van der Waals surface area contributed by atoms with E-state index < -0.39 is 6.10 Å². The van der Waals surface area contributed by atoms with Crippen LogP contribution in [0, 0.1) is 0 Å². The minimum absolute atomic E-state index is 0.0834. The van der Waals surface area contributed by atoms with Crippen molar-refractivity contribution in [3.05, 3.63) is 12.3 Å². The van der Waals surface area contributed by atoms with Gasteiger partial charge in [0.1, 0.15) is 0 Å². The van der Waals surface area contributed by atoms with Crippen LogP contribution in [0.5, 0.6) is 5.88 Å². The molecule has 0 spiro atoms. The highest BCUT2D eigenvalue weighted by atomic mass is 16.5. The van der Waals surface area contributed by atoms with Crippen molar-refractivity contribution in [1.82, 2.24) is 14.9 Å². The average Bonchev–Trinajstić information content (AvgIpc) is 3.09. The fourth-order valence-electron chi connectivity index (χ4n) is 2.72. The molecule has 1 aromatic heterocycles. The van der Waals surface area contributed by atoms with Crippen LogP contribution in [0.2, 0.25) is 0 Å². The summed E-state index contributed by atoms with van der Waals surface area (Å²) in [6.07, 6.45) is 3.41. The molecule has 114 valence electrons. The van der Waals surface area contributed by atoms with Crippen LogP contribution in [0.4, 0.5) is 5.95 Å². The van der Waals surface area contributed by atoms with E-state index in [0.717, 1.165) is 25.9 Å². The summed E-state index contributed by atoms with van der Waals surface area (Å²) < 4.78 is 10.8. The first kappa shape index (κ1) is 14.1. The lowest BCUT2D eigenvalue weighted by atomic mass is 10.2. The molecule has 1 atom stereocenters. The van der Waals surface area contributed by atoms with Gasteiger partial charge in [-0.15, -0.1) is 0 Å². The molecule has 2 aliphatic heterocycles. The van der Waals surface area contributed by atoms with E-state index >= 15 is 0 Å². The largest absolute Gasteiger partial charge is 0.481 e. The molecule has 1 aromatic rings. The Morgan fingerprint density at radius 3 is 2.95 bits per heavy atom. The van der Waals surface area contributed by atoms with Crippen molar-refractivity contribution in [3.63, 3.8) is 0 Å². The zero-order valence-electron chi connectivity index (χ0n) is 12.2. The van der Waals surface area contributed by atoms with Gasteiger partial charge in [-0.1, -0.05) is 0 Å². The molecule has 1 amide bonds. The van der Waals surface area contributed by atoms with E-state index in [-0.39, 0.29) is 5.91 Å². The molecular formula is C14H20N4O3. The Bertz CT molecular complexity index is 505. The number of ether oxygens (including phenoxy) is 2. The number of rotatable bonds is 3. The van der Waals surface area contributed by atoms with Crippen LogP contribution >= 0.6 is 0 Å². The summed E-state index contributed by atoms with van der Waals surface area (Å²) in [7, 11) is 1.57. The first-order valence-corrected chi connectivity index (χ1v) is 7.30. The highest BCUT2D eigenvalue weighted by Gasteiger charge is 2.32. The van der Waals surface area contributed by atoms with Gasteiger partial charge in [0, 0.05) is 31.9 Å². The number of amides is 1. The summed E-state index contributed by atoms with van der Waals surface area (Å²) in [5.41, 5.74) is 0. The number of hydrogen-bond acceptors (Lipinski definition) is 6. The van der Waals surface area contributed by atoms with E-state index in [9.17, 15) is 4.79 Å². The number of nitrogens with zero attached hydrogens (tertiary/aromatic N) is 4. The van der Waals surface area contributed by atoms with Gasteiger partial charge < -0.3 is 19.3 Å². The summed E-state index contributed by atoms with van der Waals surface area (Å²) in [6.45, 7) is 3.35. The quantitative estimate of drug-likeness (QED) is 0.799. The molecule has 21 heavy (non-hydrogen) atoms. The summed E-state index contributed by atoms with van der Waals surface area (Å²) in [5.74, 6) is 1.19. The minimum atomic E-state index is -0.424. The van der Waals surface area contributed by atoms with E-state index in [1.165, 1.54) is 0 Å². The Labute approximate surface area is 123 Å². The smallest absolute Gasteiger partial charge is 0.253 e. The Hall–Kier alpha value is -1.89. The SMILES string of the molecule is COc1ccnc(N2CCOC(C(=O)N3CCCC3)C2)n1. The first-order chi connectivity index (χ1) is 10.3. The molecule has 3 heterocycles. The maximum absolute atomic E-state index is 12.4. The molecule has 7 nitrogen and oxygen atoms in total. The minimum Gasteiger partial charge on any atom is -0.481 e. The second-order valence-electron chi connectivity index (χ2n) is 5.24. The van der Waals surface area contributed by atoms with E-state index in [2.05, 4.69) is 9.97 Å². The van der Waals surface area contributed by atoms with Crippen molar-refractivity contribution in [2.24, 2.45) is 0 Å². The van der Waals surface area contributed by atoms with Gasteiger partial charge in [0.25, 0.3) is 5.91 Å². The molecule has 0 bridgehead atoms. The van der Waals surface area contributed by atoms with Crippen molar-refractivity contribution in [1.29, 1.82) is 0 Å². The van der Waals surface area contributed by atoms with Crippen LogP contribution in [0.15, 0.2) is 12.3 Å². The normalized spacial score (nSPS) is 22.4. The summed E-state index contributed by atoms with van der Waals surface area (Å²) in [6, 6.07) is 1.71. The third-order valence-electron chi connectivity index (χ3n) is 3.87. The number of carbonyl (C=O) groups excluding carboxylic acids is 1. The molecule has 3 rings (SSSR count). The van der Waals surface area contributed by atoms with Gasteiger partial charge >= 0.3 is 0 Å². The lowest BCUT2D eigenvalue weighted by Crippen LogP contribution is -2.51. The number of carbonyl (C=O) groups is 1. The van der Waals surface area contributed by atoms with Gasteiger partial charge in [-0.25, -0.2) is 4.98 Å². The monoisotopic (exact) mass is 292 g/mol. The molecule has 0 aliphatic carbocycles. The van der Waals surface area contributed by atoms with Crippen LogP contribution in [-0.4, -0.2) is 66.8 Å². The predicted octanol–water partition coefficient (Wildman–Crippen LogP) is 0.313. The number of likely N-dealkylation sites (tertiary alicyclic amines) is 1. The molecule has 0 N–H and O–H groups in total. The Kier molecular flexibility index (Phi) is 4.19. The van der Waals surface area contributed by atoms with Gasteiger partial charge in [-0.3, -0.25) is 4.79 Å². The van der Waals surface area contributed by atoms with Crippen LogP contribution in [0.1, 0.15) is 12.8 Å². The average molecular weight is 292 g/mol. The summed E-state index contributed by atoms with van der Waals surface area (Å²) in [4.78, 5) is 24.9. The molecule has 0 aromatic carbocycles. The molecular weight excluding hydrogens is 272 g/mol. The van der Waals surface area contributed by atoms with Gasteiger partial charge in [-0.05, 0) is 12.8 Å². The molecule has 0 saturated carbocycles. The van der Waals surface area contributed by atoms with Crippen LogP contribution < -0.4 is 9.64 Å². The number of anilines is 1. The maximum Gasteiger partial charge on any atom is 0.253 e. The molecule has 1 unspecified atom stereocenters. The fourth-order valence-corrected chi connectivity index (χ4v) is 2.72. The highest BCUT2D eigenvalue weighted by Crippen LogP contribution is 2.18. The van der Waals surface area contributed by atoms with Crippen molar-refractivity contribution < 1.29 is 14.3 Å². The molecule has 2 saturated heterocycles. The third-order valence-corrected chi connectivity index (χ3v) is 3.87. The van der Waals surface area contributed by atoms with Gasteiger partial charge in [0.15, 0.2) is 6.10 Å². The molecule has 7 heteroatoms. The zero-order valence-corrected chi connectivity index (χ0v) is 12.2. The lowest BCUT2D eigenvalue weighted by molar-refractivity contribution is -0.143. The van der Waals surface area contributed by atoms with Crippen molar-refractivity contribution >= 4 is 11.9 Å². The van der Waals surface area contributed by atoms with Gasteiger partial charge in [0.2, 0.25) is 11.8 Å². The highest BCUT2D eigenvalue weighted by molar-refractivity contribution is 5.82. The Morgan fingerprint density at radius 1 is 1.38 bits per heavy atom. The van der Waals surface area contributed by atoms with Crippen LogP contribution in [0.3, 0.4) is 0 Å². The van der Waals surface area contributed by atoms with E-state index in [0.29, 0.717) is 31.5 Å². The Balaban J connectivity index is 1.68.